The van der Waals surface area contributed by atoms with Crippen LogP contribution < -0.4 is 0 Å². The average Bonchev–Trinajstić information content (AvgIpc) is 2.53. The Morgan fingerprint density at radius 3 is 2.00 bits per heavy atom. The molecule has 0 radical (unpaired) electrons. The summed E-state index contributed by atoms with van der Waals surface area (Å²) in [5, 5.41) is 0. The lowest BCUT2D eigenvalue weighted by Gasteiger charge is -2.45. The highest BCUT2D eigenvalue weighted by Gasteiger charge is 2.42. The van der Waals surface area contributed by atoms with Crippen molar-refractivity contribution in [3.63, 3.8) is 0 Å². The van der Waals surface area contributed by atoms with Crippen LogP contribution in [0.2, 0.25) is 0 Å². The fourth-order valence-electron chi connectivity index (χ4n) is 3.57. The molecule has 6 heteroatoms. The number of likely N-dealkylation sites (N-methyl/N-ethyl adjacent to an activating group) is 1. The van der Waals surface area contributed by atoms with E-state index in [2.05, 4.69) is 11.0 Å². The third kappa shape index (κ3) is 3.43. The highest BCUT2D eigenvalue weighted by Crippen LogP contribution is 2.31. The Balaban J connectivity index is 1.63. The van der Waals surface area contributed by atoms with Gasteiger partial charge < -0.3 is 19.4 Å². The fourth-order valence-corrected chi connectivity index (χ4v) is 3.57. The minimum absolute atomic E-state index is 0.126. The zero-order valence-electron chi connectivity index (χ0n) is 14.1. The number of hydrogen-bond donors (Lipinski definition) is 0. The van der Waals surface area contributed by atoms with Crippen molar-refractivity contribution in [1.29, 1.82) is 0 Å². The number of morpholine rings is 1. The van der Waals surface area contributed by atoms with Crippen molar-refractivity contribution in [1.82, 2.24) is 14.7 Å². The third-order valence-electron chi connectivity index (χ3n) is 5.29. The van der Waals surface area contributed by atoms with Gasteiger partial charge in [0.2, 0.25) is 11.8 Å². The monoisotopic (exact) mass is 321 g/mol. The molecule has 0 saturated carbocycles. The lowest BCUT2D eigenvalue weighted by molar-refractivity contribution is -0.152. The highest BCUT2D eigenvalue weighted by atomic mass is 16.5. The molecular formula is C17H27N3O3. The lowest BCUT2D eigenvalue weighted by atomic mass is 9.80. The van der Waals surface area contributed by atoms with Crippen LogP contribution in [0, 0.1) is 11.8 Å². The second kappa shape index (κ2) is 7.01. The maximum absolute atomic E-state index is 12.8. The van der Waals surface area contributed by atoms with Gasteiger partial charge in [-0.15, -0.1) is 0 Å². The molecule has 2 amide bonds. The Labute approximate surface area is 138 Å². The van der Waals surface area contributed by atoms with E-state index in [0.29, 0.717) is 45.2 Å². The summed E-state index contributed by atoms with van der Waals surface area (Å²) in [5.41, 5.74) is 0. The molecule has 0 unspecified atom stereocenters. The van der Waals surface area contributed by atoms with E-state index >= 15 is 0 Å². The second-order valence-electron chi connectivity index (χ2n) is 6.95. The van der Waals surface area contributed by atoms with Crippen LogP contribution in [0.15, 0.2) is 12.2 Å². The van der Waals surface area contributed by atoms with Crippen molar-refractivity contribution in [3.05, 3.63) is 12.2 Å². The molecule has 0 aromatic heterocycles. The van der Waals surface area contributed by atoms with Crippen LogP contribution in [0.25, 0.3) is 0 Å². The quantitative estimate of drug-likeness (QED) is 0.697. The van der Waals surface area contributed by atoms with E-state index in [0.717, 1.165) is 13.1 Å². The van der Waals surface area contributed by atoms with Gasteiger partial charge in [0.15, 0.2) is 0 Å². The number of allylic oxidation sites excluding steroid dienone is 2. The van der Waals surface area contributed by atoms with Gasteiger partial charge in [-0.2, -0.15) is 0 Å². The summed E-state index contributed by atoms with van der Waals surface area (Å²) in [7, 11) is 4.08. The number of likely N-dealkylation sites (tertiary alicyclic amines) is 1. The maximum atomic E-state index is 12.8. The molecule has 0 aromatic rings. The molecule has 1 aliphatic carbocycles. The summed E-state index contributed by atoms with van der Waals surface area (Å²) in [6.07, 6.45) is 5.46. The van der Waals surface area contributed by atoms with Crippen LogP contribution in [-0.2, 0) is 14.3 Å². The second-order valence-corrected chi connectivity index (χ2v) is 6.95. The first-order chi connectivity index (χ1) is 11.1. The number of nitrogens with zero attached hydrogens (tertiary/aromatic N) is 3. The SMILES string of the molecule is CN(C)C1CN(C(=O)[C@H]2CC=CC[C@H]2C(=O)N2CCOCC2)C1. The number of carbonyl (C=O) groups excluding carboxylic acids is 2. The van der Waals surface area contributed by atoms with Gasteiger partial charge in [-0.3, -0.25) is 9.59 Å². The minimum Gasteiger partial charge on any atom is -0.378 e. The average molecular weight is 321 g/mol. The van der Waals surface area contributed by atoms with Crippen molar-refractivity contribution >= 4 is 11.8 Å². The molecule has 2 atom stereocenters. The first kappa shape index (κ1) is 16.5. The van der Waals surface area contributed by atoms with E-state index in [1.807, 2.05) is 30.0 Å². The van der Waals surface area contributed by atoms with E-state index in [4.69, 9.17) is 4.74 Å². The molecule has 0 spiro atoms. The van der Waals surface area contributed by atoms with Crippen molar-refractivity contribution in [2.75, 3.05) is 53.5 Å². The molecule has 23 heavy (non-hydrogen) atoms. The molecule has 2 heterocycles. The summed E-state index contributed by atoms with van der Waals surface area (Å²) in [6, 6.07) is 0.450. The Hall–Kier alpha value is -1.40. The Morgan fingerprint density at radius 1 is 0.957 bits per heavy atom. The number of amides is 2. The summed E-state index contributed by atoms with van der Waals surface area (Å²) >= 11 is 0. The number of rotatable bonds is 3. The van der Waals surface area contributed by atoms with Crippen molar-refractivity contribution < 1.29 is 14.3 Å². The Kier molecular flexibility index (Phi) is 5.02. The zero-order chi connectivity index (χ0) is 16.4. The molecule has 3 rings (SSSR count). The van der Waals surface area contributed by atoms with E-state index < -0.39 is 0 Å². The molecular weight excluding hydrogens is 294 g/mol. The van der Waals surface area contributed by atoms with Crippen molar-refractivity contribution in [2.24, 2.45) is 11.8 Å². The van der Waals surface area contributed by atoms with Crippen LogP contribution in [0.5, 0.6) is 0 Å². The van der Waals surface area contributed by atoms with E-state index in [9.17, 15) is 9.59 Å². The van der Waals surface area contributed by atoms with Gasteiger partial charge in [0.25, 0.3) is 0 Å². The van der Waals surface area contributed by atoms with Crippen LogP contribution in [0.3, 0.4) is 0 Å². The van der Waals surface area contributed by atoms with Crippen molar-refractivity contribution in [3.8, 4) is 0 Å². The molecule has 2 fully saturated rings. The molecule has 128 valence electrons. The summed E-state index contributed by atoms with van der Waals surface area (Å²) in [4.78, 5) is 31.6. The fraction of sp³-hybridized carbons (Fsp3) is 0.765. The predicted octanol–water partition coefficient (Wildman–Crippen LogP) is 0.200. The first-order valence-electron chi connectivity index (χ1n) is 8.54. The summed E-state index contributed by atoms with van der Waals surface area (Å²) < 4.78 is 5.32. The zero-order valence-corrected chi connectivity index (χ0v) is 14.1. The van der Waals surface area contributed by atoms with Crippen molar-refractivity contribution in [2.45, 2.75) is 18.9 Å². The summed E-state index contributed by atoms with van der Waals surface area (Å²) in [5.74, 6) is -0.123. The Bertz CT molecular complexity index is 479. The molecule has 2 aliphatic heterocycles. The van der Waals surface area contributed by atoms with Gasteiger partial charge >= 0.3 is 0 Å². The van der Waals surface area contributed by atoms with E-state index in [-0.39, 0.29) is 23.7 Å². The first-order valence-corrected chi connectivity index (χ1v) is 8.54. The predicted molar refractivity (Wildman–Crippen MR) is 86.8 cm³/mol. The maximum Gasteiger partial charge on any atom is 0.226 e. The standard InChI is InChI=1S/C17H27N3O3/c1-18(2)13-11-20(12-13)17(22)15-6-4-3-5-14(15)16(21)19-7-9-23-10-8-19/h3-4,13-15H,5-12H2,1-2H3/t14-,15+/m1/s1. The van der Waals surface area contributed by atoms with Gasteiger partial charge in [0.1, 0.15) is 0 Å². The molecule has 0 aromatic carbocycles. The number of ether oxygens (including phenoxy) is 1. The van der Waals surface area contributed by atoms with Gasteiger partial charge in [0.05, 0.1) is 25.0 Å². The van der Waals surface area contributed by atoms with Crippen LogP contribution >= 0.6 is 0 Å². The van der Waals surface area contributed by atoms with Crippen LogP contribution in [0.4, 0.5) is 0 Å². The summed E-state index contributed by atoms with van der Waals surface area (Å²) in [6.45, 7) is 4.06. The molecule has 0 N–H and O–H groups in total. The molecule has 2 saturated heterocycles. The minimum atomic E-state index is -0.205. The van der Waals surface area contributed by atoms with Gasteiger partial charge in [-0.05, 0) is 26.9 Å². The molecule has 6 nitrogen and oxygen atoms in total. The van der Waals surface area contributed by atoms with Gasteiger partial charge in [-0.1, -0.05) is 12.2 Å². The molecule has 3 aliphatic rings. The lowest BCUT2D eigenvalue weighted by Crippen LogP contribution is -2.61. The smallest absolute Gasteiger partial charge is 0.226 e. The van der Waals surface area contributed by atoms with E-state index in [1.54, 1.807) is 0 Å². The topological polar surface area (TPSA) is 53.1 Å². The number of carbonyl (C=O) groups is 2. The van der Waals surface area contributed by atoms with E-state index in [1.165, 1.54) is 0 Å². The van der Waals surface area contributed by atoms with Crippen LogP contribution in [0.1, 0.15) is 12.8 Å². The molecule has 0 bridgehead atoms. The third-order valence-corrected chi connectivity index (χ3v) is 5.29. The highest BCUT2D eigenvalue weighted by molar-refractivity contribution is 5.88. The van der Waals surface area contributed by atoms with Gasteiger partial charge in [-0.25, -0.2) is 0 Å². The normalized spacial score (nSPS) is 28.8. The number of hydrogen-bond acceptors (Lipinski definition) is 4. The van der Waals surface area contributed by atoms with Gasteiger partial charge in [0, 0.05) is 32.2 Å². The Morgan fingerprint density at radius 2 is 1.48 bits per heavy atom. The largest absolute Gasteiger partial charge is 0.378 e. The van der Waals surface area contributed by atoms with Crippen LogP contribution in [-0.4, -0.2) is 86.0 Å².